The summed E-state index contributed by atoms with van der Waals surface area (Å²) in [5.74, 6) is 1.35. The summed E-state index contributed by atoms with van der Waals surface area (Å²) >= 11 is 0. The fourth-order valence-corrected chi connectivity index (χ4v) is 3.21. The van der Waals surface area contributed by atoms with Crippen molar-refractivity contribution in [2.75, 3.05) is 14.2 Å². The second-order valence-corrected chi connectivity index (χ2v) is 7.13. The molecule has 32 heavy (non-hydrogen) atoms. The maximum Gasteiger partial charge on any atom is 0.269 e. The molecule has 0 aliphatic rings. The van der Waals surface area contributed by atoms with Gasteiger partial charge < -0.3 is 19.4 Å². The first-order chi connectivity index (χ1) is 15.3. The molecule has 3 rings (SSSR count). The lowest BCUT2D eigenvalue weighted by atomic mass is 9.94. The van der Waals surface area contributed by atoms with Crippen molar-refractivity contribution in [3.8, 4) is 28.4 Å². The van der Waals surface area contributed by atoms with E-state index in [4.69, 9.17) is 14.3 Å². The Kier molecular flexibility index (Phi) is 6.94. The number of phenolic OH excluding ortho intramolecular Hbond substituents is 1. The SMILES string of the molecule is COc1ccc(-c2cc(C)c(O)cc2/C(C)=N/OCc2ccc([N+](=O)[O-])cc2)cc1OC. The smallest absolute Gasteiger partial charge is 0.269 e. The first-order valence-electron chi connectivity index (χ1n) is 9.80. The van der Waals surface area contributed by atoms with Crippen LogP contribution in [0.4, 0.5) is 5.69 Å². The first-order valence-corrected chi connectivity index (χ1v) is 9.80. The van der Waals surface area contributed by atoms with Gasteiger partial charge in [-0.25, -0.2) is 0 Å². The minimum atomic E-state index is -0.452. The Morgan fingerprint density at radius 2 is 1.72 bits per heavy atom. The summed E-state index contributed by atoms with van der Waals surface area (Å²) in [6.45, 7) is 3.75. The van der Waals surface area contributed by atoms with Crippen LogP contribution in [-0.2, 0) is 11.4 Å². The molecule has 8 nitrogen and oxygen atoms in total. The molecule has 0 aromatic heterocycles. The molecule has 0 spiro atoms. The highest BCUT2D eigenvalue weighted by Crippen LogP contribution is 2.36. The Labute approximate surface area is 185 Å². The van der Waals surface area contributed by atoms with E-state index in [-0.39, 0.29) is 18.0 Å². The summed E-state index contributed by atoms with van der Waals surface area (Å²) in [5, 5.41) is 25.2. The van der Waals surface area contributed by atoms with Gasteiger partial charge in [0.15, 0.2) is 11.5 Å². The number of aromatic hydroxyl groups is 1. The number of aryl methyl sites for hydroxylation is 1. The van der Waals surface area contributed by atoms with Crippen molar-refractivity contribution in [1.82, 2.24) is 0 Å². The standard InChI is InChI=1S/C24H24N2O6/c1-15-11-21(18-7-10-23(30-3)24(12-18)31-4)20(13-22(15)27)16(2)25-32-14-17-5-8-19(9-6-17)26(28)29/h5-13,27H,14H2,1-4H3/b25-16+. The predicted molar refractivity (Wildman–Crippen MR) is 121 cm³/mol. The number of methoxy groups -OCH3 is 2. The average molecular weight is 436 g/mol. The number of nitrogens with zero attached hydrogens (tertiary/aromatic N) is 2. The third kappa shape index (κ3) is 4.97. The summed E-state index contributed by atoms with van der Waals surface area (Å²) in [6, 6.07) is 15.2. The second kappa shape index (κ2) is 9.82. The van der Waals surface area contributed by atoms with Gasteiger partial charge in [0.25, 0.3) is 5.69 Å². The van der Waals surface area contributed by atoms with Crippen LogP contribution in [0.2, 0.25) is 0 Å². The summed E-state index contributed by atoms with van der Waals surface area (Å²) < 4.78 is 10.7. The van der Waals surface area contributed by atoms with Crippen LogP contribution in [-0.4, -0.2) is 30.0 Å². The van der Waals surface area contributed by atoms with Crippen LogP contribution in [0.25, 0.3) is 11.1 Å². The van der Waals surface area contributed by atoms with E-state index in [9.17, 15) is 15.2 Å². The fourth-order valence-electron chi connectivity index (χ4n) is 3.21. The summed E-state index contributed by atoms with van der Waals surface area (Å²) in [5.41, 5.74) is 4.46. The maximum atomic E-state index is 10.8. The van der Waals surface area contributed by atoms with Gasteiger partial charge in [-0.2, -0.15) is 0 Å². The summed E-state index contributed by atoms with van der Waals surface area (Å²) in [4.78, 5) is 15.8. The molecule has 0 saturated carbocycles. The number of benzene rings is 3. The van der Waals surface area contributed by atoms with Gasteiger partial charge in [0.1, 0.15) is 12.4 Å². The van der Waals surface area contributed by atoms with Gasteiger partial charge in [-0.05, 0) is 72.5 Å². The first kappa shape index (κ1) is 22.6. The van der Waals surface area contributed by atoms with Crippen LogP contribution in [0, 0.1) is 17.0 Å². The Morgan fingerprint density at radius 3 is 2.34 bits per heavy atom. The third-order valence-electron chi connectivity index (χ3n) is 5.00. The van der Waals surface area contributed by atoms with Crippen molar-refractivity contribution in [2.45, 2.75) is 20.5 Å². The minimum Gasteiger partial charge on any atom is -0.508 e. The molecule has 0 aliphatic carbocycles. The number of nitro benzene ring substituents is 1. The number of non-ortho nitro benzene ring substituents is 1. The van der Waals surface area contributed by atoms with E-state index >= 15 is 0 Å². The minimum absolute atomic E-state index is 0.0168. The van der Waals surface area contributed by atoms with Gasteiger partial charge in [0, 0.05) is 17.7 Å². The maximum absolute atomic E-state index is 10.8. The van der Waals surface area contributed by atoms with E-state index in [1.807, 2.05) is 31.2 Å². The van der Waals surface area contributed by atoms with Crippen molar-refractivity contribution in [1.29, 1.82) is 0 Å². The molecule has 0 radical (unpaired) electrons. The molecule has 3 aromatic rings. The molecular formula is C24H24N2O6. The van der Waals surface area contributed by atoms with Crippen LogP contribution < -0.4 is 9.47 Å². The number of phenols is 1. The predicted octanol–water partition coefficient (Wildman–Crippen LogP) is 5.23. The molecule has 0 bridgehead atoms. The molecule has 0 amide bonds. The topological polar surface area (TPSA) is 103 Å². The van der Waals surface area contributed by atoms with Crippen molar-refractivity contribution in [3.63, 3.8) is 0 Å². The van der Waals surface area contributed by atoms with Crippen molar-refractivity contribution >= 4 is 11.4 Å². The van der Waals surface area contributed by atoms with Gasteiger partial charge in [-0.1, -0.05) is 11.2 Å². The number of nitro groups is 1. The Bertz CT molecular complexity index is 1160. The van der Waals surface area contributed by atoms with E-state index < -0.39 is 4.92 Å². The largest absolute Gasteiger partial charge is 0.508 e. The van der Waals surface area contributed by atoms with Gasteiger partial charge in [-0.15, -0.1) is 0 Å². The number of oxime groups is 1. The Hall–Kier alpha value is -4.07. The number of ether oxygens (including phenoxy) is 2. The highest BCUT2D eigenvalue weighted by molar-refractivity contribution is 6.04. The third-order valence-corrected chi connectivity index (χ3v) is 5.00. The molecule has 8 heteroatoms. The molecular weight excluding hydrogens is 412 g/mol. The Morgan fingerprint density at radius 1 is 1.03 bits per heavy atom. The molecule has 0 fully saturated rings. The molecule has 1 N–H and O–H groups in total. The van der Waals surface area contributed by atoms with Crippen LogP contribution >= 0.6 is 0 Å². The molecule has 166 valence electrons. The zero-order valence-electron chi connectivity index (χ0n) is 18.3. The lowest BCUT2D eigenvalue weighted by Crippen LogP contribution is -2.01. The molecule has 0 saturated heterocycles. The highest BCUT2D eigenvalue weighted by atomic mass is 16.6. The van der Waals surface area contributed by atoms with Crippen LogP contribution in [0.5, 0.6) is 17.2 Å². The zero-order valence-corrected chi connectivity index (χ0v) is 18.3. The molecule has 3 aromatic carbocycles. The quantitative estimate of drug-likeness (QED) is 0.294. The number of rotatable bonds is 8. The van der Waals surface area contributed by atoms with E-state index in [2.05, 4.69) is 5.16 Å². The zero-order chi connectivity index (χ0) is 23.3. The van der Waals surface area contributed by atoms with Gasteiger partial charge in [-0.3, -0.25) is 10.1 Å². The fraction of sp³-hybridized carbons (Fsp3) is 0.208. The van der Waals surface area contributed by atoms with E-state index in [0.717, 1.165) is 22.3 Å². The van der Waals surface area contributed by atoms with Crippen molar-refractivity contribution < 1.29 is 24.3 Å². The van der Waals surface area contributed by atoms with E-state index in [1.54, 1.807) is 39.3 Å². The van der Waals surface area contributed by atoms with Crippen LogP contribution in [0.15, 0.2) is 59.8 Å². The van der Waals surface area contributed by atoms with Gasteiger partial charge in [0.05, 0.1) is 24.9 Å². The summed E-state index contributed by atoms with van der Waals surface area (Å²) in [7, 11) is 3.15. The molecule has 0 heterocycles. The van der Waals surface area contributed by atoms with Crippen LogP contribution in [0.3, 0.4) is 0 Å². The van der Waals surface area contributed by atoms with Crippen molar-refractivity contribution in [3.05, 3.63) is 81.4 Å². The van der Waals surface area contributed by atoms with E-state index in [1.165, 1.54) is 12.1 Å². The molecule has 0 atom stereocenters. The second-order valence-electron chi connectivity index (χ2n) is 7.13. The lowest BCUT2D eigenvalue weighted by molar-refractivity contribution is -0.384. The normalized spacial score (nSPS) is 11.2. The lowest BCUT2D eigenvalue weighted by Gasteiger charge is -2.14. The number of hydrogen-bond donors (Lipinski definition) is 1. The number of hydrogen-bond acceptors (Lipinski definition) is 7. The molecule has 0 aliphatic heterocycles. The monoisotopic (exact) mass is 436 g/mol. The summed E-state index contributed by atoms with van der Waals surface area (Å²) in [6.07, 6.45) is 0. The highest BCUT2D eigenvalue weighted by Gasteiger charge is 2.15. The van der Waals surface area contributed by atoms with Crippen molar-refractivity contribution in [2.24, 2.45) is 5.16 Å². The molecule has 0 unspecified atom stereocenters. The van der Waals surface area contributed by atoms with Gasteiger partial charge in [0.2, 0.25) is 0 Å². The Balaban J connectivity index is 1.89. The van der Waals surface area contributed by atoms with Crippen LogP contribution in [0.1, 0.15) is 23.6 Å². The van der Waals surface area contributed by atoms with E-state index in [0.29, 0.717) is 22.8 Å². The van der Waals surface area contributed by atoms with Gasteiger partial charge >= 0.3 is 0 Å². The average Bonchev–Trinajstić information content (AvgIpc) is 2.80.